The SMILES string of the molecule is N#Cc1ccc(OCC(=O)N2CCCC2c2ccc(F)cc2)cc1. The van der Waals surface area contributed by atoms with Gasteiger partial charge in [0.05, 0.1) is 17.7 Å². The maximum Gasteiger partial charge on any atom is 0.261 e. The van der Waals surface area contributed by atoms with Crippen LogP contribution in [0.15, 0.2) is 48.5 Å². The van der Waals surface area contributed by atoms with Crippen LogP contribution in [0.4, 0.5) is 4.39 Å². The molecule has 24 heavy (non-hydrogen) atoms. The molecule has 0 saturated carbocycles. The first kappa shape index (κ1) is 16.0. The number of amides is 1. The molecule has 1 fully saturated rings. The fourth-order valence-electron chi connectivity index (χ4n) is 2.95. The molecule has 1 atom stereocenters. The van der Waals surface area contributed by atoms with E-state index in [0.29, 0.717) is 17.9 Å². The molecule has 2 aromatic rings. The Balaban J connectivity index is 1.63. The van der Waals surface area contributed by atoms with Gasteiger partial charge in [-0.1, -0.05) is 12.1 Å². The van der Waals surface area contributed by atoms with Gasteiger partial charge in [-0.05, 0) is 54.8 Å². The molecule has 1 saturated heterocycles. The Kier molecular flexibility index (Phi) is 4.76. The molecule has 122 valence electrons. The number of carbonyl (C=O) groups excluding carboxylic acids is 1. The number of rotatable bonds is 4. The quantitative estimate of drug-likeness (QED) is 0.865. The number of nitrogens with zero attached hydrogens (tertiary/aromatic N) is 2. The Morgan fingerprint density at radius 1 is 1.21 bits per heavy atom. The van der Waals surface area contributed by atoms with Crippen molar-refractivity contribution in [3.63, 3.8) is 0 Å². The van der Waals surface area contributed by atoms with Crippen LogP contribution in [0.5, 0.6) is 5.75 Å². The summed E-state index contributed by atoms with van der Waals surface area (Å²) in [5.74, 6) is 0.185. The summed E-state index contributed by atoms with van der Waals surface area (Å²) in [7, 11) is 0. The van der Waals surface area contributed by atoms with E-state index in [0.717, 1.165) is 18.4 Å². The maximum absolute atomic E-state index is 13.1. The minimum Gasteiger partial charge on any atom is -0.484 e. The summed E-state index contributed by atoms with van der Waals surface area (Å²) < 4.78 is 18.6. The van der Waals surface area contributed by atoms with E-state index in [1.54, 1.807) is 41.3 Å². The summed E-state index contributed by atoms with van der Waals surface area (Å²) in [4.78, 5) is 14.3. The van der Waals surface area contributed by atoms with Crippen molar-refractivity contribution in [3.05, 3.63) is 65.5 Å². The Hall–Kier alpha value is -2.87. The van der Waals surface area contributed by atoms with Crippen molar-refractivity contribution in [1.82, 2.24) is 4.90 Å². The van der Waals surface area contributed by atoms with Gasteiger partial charge in [0.2, 0.25) is 0 Å². The molecule has 0 N–H and O–H groups in total. The van der Waals surface area contributed by atoms with Crippen LogP contribution in [0.25, 0.3) is 0 Å². The van der Waals surface area contributed by atoms with E-state index in [4.69, 9.17) is 10.00 Å². The van der Waals surface area contributed by atoms with E-state index in [1.165, 1.54) is 12.1 Å². The lowest BCUT2D eigenvalue weighted by atomic mass is 10.0. The molecular formula is C19H17FN2O2. The van der Waals surface area contributed by atoms with Gasteiger partial charge in [0.25, 0.3) is 5.91 Å². The predicted molar refractivity (Wildman–Crippen MR) is 86.7 cm³/mol. The molecular weight excluding hydrogens is 307 g/mol. The molecule has 1 heterocycles. The minimum absolute atomic E-state index is 0.0253. The zero-order valence-corrected chi connectivity index (χ0v) is 13.1. The van der Waals surface area contributed by atoms with Crippen molar-refractivity contribution in [2.24, 2.45) is 0 Å². The monoisotopic (exact) mass is 324 g/mol. The molecule has 4 nitrogen and oxygen atoms in total. The largest absolute Gasteiger partial charge is 0.484 e. The fraction of sp³-hybridized carbons (Fsp3) is 0.263. The third kappa shape index (κ3) is 3.54. The van der Waals surface area contributed by atoms with Crippen LogP contribution in [0, 0.1) is 17.1 Å². The van der Waals surface area contributed by atoms with Crippen LogP contribution in [-0.4, -0.2) is 24.0 Å². The van der Waals surface area contributed by atoms with Gasteiger partial charge >= 0.3 is 0 Å². The first-order valence-corrected chi connectivity index (χ1v) is 7.85. The molecule has 0 aromatic heterocycles. The van der Waals surface area contributed by atoms with Gasteiger partial charge in [0.15, 0.2) is 6.61 Å². The number of hydrogen-bond donors (Lipinski definition) is 0. The van der Waals surface area contributed by atoms with Gasteiger partial charge < -0.3 is 9.64 Å². The highest BCUT2D eigenvalue weighted by Gasteiger charge is 2.30. The van der Waals surface area contributed by atoms with Gasteiger partial charge in [-0.25, -0.2) is 4.39 Å². The summed E-state index contributed by atoms with van der Waals surface area (Å²) in [6, 6.07) is 15.0. The molecule has 2 aromatic carbocycles. The number of ether oxygens (including phenoxy) is 1. The zero-order chi connectivity index (χ0) is 16.9. The van der Waals surface area contributed by atoms with E-state index >= 15 is 0 Å². The predicted octanol–water partition coefficient (Wildman–Crippen LogP) is 3.44. The first-order valence-electron chi connectivity index (χ1n) is 7.85. The number of carbonyl (C=O) groups is 1. The molecule has 1 aliphatic rings. The van der Waals surface area contributed by atoms with Gasteiger partial charge in [0.1, 0.15) is 11.6 Å². The van der Waals surface area contributed by atoms with E-state index < -0.39 is 0 Å². The van der Waals surface area contributed by atoms with E-state index in [2.05, 4.69) is 0 Å². The number of hydrogen-bond acceptors (Lipinski definition) is 3. The second-order valence-corrected chi connectivity index (χ2v) is 5.72. The molecule has 1 aliphatic heterocycles. The molecule has 5 heteroatoms. The number of likely N-dealkylation sites (tertiary alicyclic amines) is 1. The van der Waals surface area contributed by atoms with Crippen LogP contribution < -0.4 is 4.74 Å². The van der Waals surface area contributed by atoms with Crippen LogP contribution in [0.1, 0.15) is 30.0 Å². The standard InChI is InChI=1S/C19H17FN2O2/c20-16-7-5-15(6-8-16)18-2-1-11-22(18)19(23)13-24-17-9-3-14(12-21)4-10-17/h3-10,18H,1-2,11,13H2. The Morgan fingerprint density at radius 3 is 2.58 bits per heavy atom. The smallest absolute Gasteiger partial charge is 0.261 e. The highest BCUT2D eigenvalue weighted by atomic mass is 19.1. The van der Waals surface area contributed by atoms with Gasteiger partial charge in [-0.3, -0.25) is 4.79 Å². The lowest BCUT2D eigenvalue weighted by Gasteiger charge is -2.25. The fourth-order valence-corrected chi connectivity index (χ4v) is 2.95. The second-order valence-electron chi connectivity index (χ2n) is 5.72. The van der Waals surface area contributed by atoms with Crippen molar-refractivity contribution in [2.75, 3.05) is 13.2 Å². The average molecular weight is 324 g/mol. The zero-order valence-electron chi connectivity index (χ0n) is 13.1. The number of benzene rings is 2. The summed E-state index contributed by atoms with van der Waals surface area (Å²) in [6.45, 7) is 0.626. The highest BCUT2D eigenvalue weighted by Crippen LogP contribution is 2.32. The molecule has 3 rings (SSSR count). The van der Waals surface area contributed by atoms with Crippen LogP contribution in [-0.2, 0) is 4.79 Å². The van der Waals surface area contributed by atoms with Gasteiger partial charge in [-0.2, -0.15) is 5.26 Å². The molecule has 1 unspecified atom stereocenters. The molecule has 0 aliphatic carbocycles. The van der Waals surface area contributed by atoms with Crippen molar-refractivity contribution in [3.8, 4) is 11.8 Å². The Labute approximate surface area is 140 Å². The molecule has 1 amide bonds. The topological polar surface area (TPSA) is 53.3 Å². The third-order valence-corrected chi connectivity index (χ3v) is 4.17. The van der Waals surface area contributed by atoms with Crippen LogP contribution in [0.2, 0.25) is 0 Å². The van der Waals surface area contributed by atoms with Crippen LogP contribution >= 0.6 is 0 Å². The minimum atomic E-state index is -0.279. The number of halogens is 1. The van der Waals surface area contributed by atoms with Crippen molar-refractivity contribution < 1.29 is 13.9 Å². The summed E-state index contributed by atoms with van der Waals surface area (Å²) in [6.07, 6.45) is 1.79. The highest BCUT2D eigenvalue weighted by molar-refractivity contribution is 5.78. The number of nitriles is 1. The summed E-state index contributed by atoms with van der Waals surface area (Å²) in [5, 5.41) is 8.77. The molecule has 0 spiro atoms. The van der Waals surface area contributed by atoms with E-state index in [1.807, 2.05) is 6.07 Å². The van der Waals surface area contributed by atoms with Crippen LogP contribution in [0.3, 0.4) is 0 Å². The average Bonchev–Trinajstić information content (AvgIpc) is 3.10. The van der Waals surface area contributed by atoms with Gasteiger partial charge in [-0.15, -0.1) is 0 Å². The Bertz CT molecular complexity index is 750. The first-order chi connectivity index (χ1) is 11.7. The van der Waals surface area contributed by atoms with Crippen molar-refractivity contribution in [2.45, 2.75) is 18.9 Å². The lowest BCUT2D eigenvalue weighted by Crippen LogP contribution is -2.34. The maximum atomic E-state index is 13.1. The van der Waals surface area contributed by atoms with Gasteiger partial charge in [0, 0.05) is 6.54 Å². The molecule has 0 radical (unpaired) electrons. The normalized spacial score (nSPS) is 16.7. The summed E-state index contributed by atoms with van der Waals surface area (Å²) in [5.41, 5.74) is 1.49. The molecule has 0 bridgehead atoms. The third-order valence-electron chi connectivity index (χ3n) is 4.17. The van der Waals surface area contributed by atoms with Crippen molar-refractivity contribution in [1.29, 1.82) is 5.26 Å². The van der Waals surface area contributed by atoms with Crippen molar-refractivity contribution >= 4 is 5.91 Å². The second kappa shape index (κ2) is 7.14. The lowest BCUT2D eigenvalue weighted by molar-refractivity contribution is -0.134. The van der Waals surface area contributed by atoms with E-state index in [-0.39, 0.29) is 24.4 Å². The van der Waals surface area contributed by atoms with E-state index in [9.17, 15) is 9.18 Å². The summed E-state index contributed by atoms with van der Waals surface area (Å²) >= 11 is 0. The Morgan fingerprint density at radius 2 is 1.92 bits per heavy atom.